The van der Waals surface area contributed by atoms with Crippen LogP contribution in [0, 0.1) is 5.92 Å². The number of aliphatic carboxylic acids is 1. The highest BCUT2D eigenvalue weighted by Gasteiger charge is 2.30. The van der Waals surface area contributed by atoms with Crippen molar-refractivity contribution in [3.05, 3.63) is 0 Å². The molecule has 1 aliphatic rings. The number of hydrogen-bond donors (Lipinski definition) is 2. The van der Waals surface area contributed by atoms with E-state index in [1.165, 1.54) is 4.90 Å². The minimum Gasteiger partial charge on any atom is -0.481 e. The number of amides is 2. The third-order valence-electron chi connectivity index (χ3n) is 2.55. The van der Waals surface area contributed by atoms with Crippen molar-refractivity contribution < 1.29 is 19.4 Å². The van der Waals surface area contributed by atoms with Gasteiger partial charge in [0, 0.05) is 26.2 Å². The molecule has 0 aromatic carbocycles. The molecule has 0 aliphatic carbocycles. The summed E-state index contributed by atoms with van der Waals surface area (Å²) in [7, 11) is 0. The standard InChI is InChI=1S/C10H18N2O4/c1-2-16-6-4-11-10(15)12-5-3-8(7-12)9(13)14/h8H,2-7H2,1H3,(H,11,15)(H,13,14). The molecule has 1 aliphatic heterocycles. The van der Waals surface area contributed by atoms with Crippen LogP contribution in [0.4, 0.5) is 4.79 Å². The van der Waals surface area contributed by atoms with Crippen LogP contribution in [-0.4, -0.2) is 54.9 Å². The lowest BCUT2D eigenvalue weighted by Crippen LogP contribution is -2.40. The quantitative estimate of drug-likeness (QED) is 0.658. The Labute approximate surface area is 94.6 Å². The Morgan fingerprint density at radius 3 is 2.88 bits per heavy atom. The number of carboxylic acids is 1. The summed E-state index contributed by atoms with van der Waals surface area (Å²) in [6.07, 6.45) is 0.536. The zero-order valence-corrected chi connectivity index (χ0v) is 9.44. The molecule has 92 valence electrons. The van der Waals surface area contributed by atoms with E-state index in [-0.39, 0.29) is 6.03 Å². The van der Waals surface area contributed by atoms with Crippen LogP contribution in [0.5, 0.6) is 0 Å². The van der Waals surface area contributed by atoms with Crippen LogP contribution >= 0.6 is 0 Å². The number of carboxylic acid groups (broad SMARTS) is 1. The fraction of sp³-hybridized carbons (Fsp3) is 0.800. The maximum Gasteiger partial charge on any atom is 0.317 e. The molecule has 1 heterocycles. The van der Waals surface area contributed by atoms with Gasteiger partial charge in [-0.2, -0.15) is 0 Å². The summed E-state index contributed by atoms with van der Waals surface area (Å²) in [6, 6.07) is -0.205. The molecular formula is C10H18N2O4. The van der Waals surface area contributed by atoms with Crippen molar-refractivity contribution in [1.82, 2.24) is 10.2 Å². The zero-order valence-electron chi connectivity index (χ0n) is 9.44. The van der Waals surface area contributed by atoms with Crippen LogP contribution in [0.2, 0.25) is 0 Å². The number of carbonyl (C=O) groups excluding carboxylic acids is 1. The minimum absolute atomic E-state index is 0.205. The lowest BCUT2D eigenvalue weighted by molar-refractivity contribution is -0.141. The van der Waals surface area contributed by atoms with E-state index < -0.39 is 11.9 Å². The van der Waals surface area contributed by atoms with Crippen LogP contribution in [0.15, 0.2) is 0 Å². The smallest absolute Gasteiger partial charge is 0.317 e. The molecule has 1 unspecified atom stereocenters. The predicted octanol–water partition coefficient (Wildman–Crippen LogP) is 0.139. The van der Waals surface area contributed by atoms with Crippen molar-refractivity contribution in [2.24, 2.45) is 5.92 Å². The SMILES string of the molecule is CCOCCNC(=O)N1CCC(C(=O)O)C1. The van der Waals surface area contributed by atoms with E-state index in [2.05, 4.69) is 5.32 Å². The highest BCUT2D eigenvalue weighted by Crippen LogP contribution is 2.15. The van der Waals surface area contributed by atoms with E-state index in [4.69, 9.17) is 9.84 Å². The van der Waals surface area contributed by atoms with Gasteiger partial charge >= 0.3 is 12.0 Å². The molecule has 1 atom stereocenters. The number of hydrogen-bond acceptors (Lipinski definition) is 3. The molecule has 0 bridgehead atoms. The molecule has 0 aromatic rings. The van der Waals surface area contributed by atoms with Gasteiger partial charge in [-0.1, -0.05) is 0 Å². The van der Waals surface area contributed by atoms with E-state index in [1.807, 2.05) is 6.92 Å². The average molecular weight is 230 g/mol. The molecule has 16 heavy (non-hydrogen) atoms. The molecule has 1 fully saturated rings. The summed E-state index contributed by atoms with van der Waals surface area (Å²) in [5, 5.41) is 11.5. The largest absolute Gasteiger partial charge is 0.481 e. The Morgan fingerprint density at radius 2 is 2.31 bits per heavy atom. The van der Waals surface area contributed by atoms with E-state index in [0.29, 0.717) is 39.3 Å². The summed E-state index contributed by atoms with van der Waals surface area (Å²) < 4.78 is 5.08. The second kappa shape index (κ2) is 6.32. The maximum atomic E-state index is 11.5. The van der Waals surface area contributed by atoms with Crippen molar-refractivity contribution >= 4 is 12.0 Å². The van der Waals surface area contributed by atoms with Crippen LogP contribution in [-0.2, 0) is 9.53 Å². The first-order valence-corrected chi connectivity index (χ1v) is 5.48. The number of urea groups is 1. The minimum atomic E-state index is -0.829. The molecule has 1 saturated heterocycles. The van der Waals surface area contributed by atoms with Gasteiger partial charge in [0.05, 0.1) is 12.5 Å². The molecule has 1 rings (SSSR count). The predicted molar refractivity (Wildman–Crippen MR) is 57.2 cm³/mol. The monoisotopic (exact) mass is 230 g/mol. The molecule has 2 N–H and O–H groups in total. The Kier molecular flexibility index (Phi) is 5.04. The van der Waals surface area contributed by atoms with E-state index in [9.17, 15) is 9.59 Å². The van der Waals surface area contributed by atoms with Gasteiger partial charge in [-0.3, -0.25) is 4.79 Å². The molecule has 2 amide bonds. The van der Waals surface area contributed by atoms with E-state index in [1.54, 1.807) is 0 Å². The van der Waals surface area contributed by atoms with Gasteiger partial charge in [-0.05, 0) is 13.3 Å². The molecule has 0 spiro atoms. The molecular weight excluding hydrogens is 212 g/mol. The van der Waals surface area contributed by atoms with E-state index >= 15 is 0 Å². The average Bonchev–Trinajstić information content (AvgIpc) is 2.73. The number of ether oxygens (including phenoxy) is 1. The lowest BCUT2D eigenvalue weighted by Gasteiger charge is -2.16. The van der Waals surface area contributed by atoms with Crippen LogP contribution < -0.4 is 5.32 Å². The van der Waals surface area contributed by atoms with Gasteiger partial charge in [-0.15, -0.1) is 0 Å². The molecule has 6 nitrogen and oxygen atoms in total. The number of likely N-dealkylation sites (tertiary alicyclic amines) is 1. The van der Waals surface area contributed by atoms with Gasteiger partial charge in [0.2, 0.25) is 0 Å². The van der Waals surface area contributed by atoms with Crippen LogP contribution in [0.3, 0.4) is 0 Å². The van der Waals surface area contributed by atoms with Crippen molar-refractivity contribution in [2.45, 2.75) is 13.3 Å². The lowest BCUT2D eigenvalue weighted by atomic mass is 10.1. The summed E-state index contributed by atoms with van der Waals surface area (Å²) in [6.45, 7) is 4.27. The first kappa shape index (κ1) is 12.8. The number of nitrogens with one attached hydrogen (secondary N) is 1. The van der Waals surface area contributed by atoms with Gasteiger partial charge in [0.25, 0.3) is 0 Å². The number of rotatable bonds is 5. The summed E-state index contributed by atoms with van der Waals surface area (Å²) >= 11 is 0. The number of nitrogens with zero attached hydrogens (tertiary/aromatic N) is 1. The third-order valence-corrected chi connectivity index (χ3v) is 2.55. The Balaban J connectivity index is 2.20. The zero-order chi connectivity index (χ0) is 12.0. The van der Waals surface area contributed by atoms with Crippen molar-refractivity contribution in [3.8, 4) is 0 Å². The second-order valence-corrected chi connectivity index (χ2v) is 3.70. The highest BCUT2D eigenvalue weighted by atomic mass is 16.5. The first-order chi connectivity index (χ1) is 7.65. The van der Waals surface area contributed by atoms with Crippen molar-refractivity contribution in [1.29, 1.82) is 0 Å². The Morgan fingerprint density at radius 1 is 1.56 bits per heavy atom. The van der Waals surface area contributed by atoms with Gasteiger partial charge < -0.3 is 20.1 Å². The third kappa shape index (κ3) is 3.69. The molecule has 0 saturated carbocycles. The van der Waals surface area contributed by atoms with Crippen molar-refractivity contribution in [3.63, 3.8) is 0 Å². The normalized spacial score (nSPS) is 19.8. The van der Waals surface area contributed by atoms with Crippen LogP contribution in [0.1, 0.15) is 13.3 Å². The summed E-state index contributed by atoms with van der Waals surface area (Å²) in [5.74, 6) is -1.25. The maximum absolute atomic E-state index is 11.5. The van der Waals surface area contributed by atoms with Crippen LogP contribution in [0.25, 0.3) is 0 Å². The molecule has 6 heteroatoms. The summed E-state index contributed by atoms with van der Waals surface area (Å²) in [5.41, 5.74) is 0. The second-order valence-electron chi connectivity index (χ2n) is 3.70. The fourth-order valence-corrected chi connectivity index (χ4v) is 1.63. The summed E-state index contributed by atoms with van der Waals surface area (Å²) in [4.78, 5) is 23.8. The first-order valence-electron chi connectivity index (χ1n) is 5.48. The number of carbonyl (C=O) groups is 2. The molecule has 0 radical (unpaired) electrons. The van der Waals surface area contributed by atoms with Gasteiger partial charge in [-0.25, -0.2) is 4.79 Å². The fourth-order valence-electron chi connectivity index (χ4n) is 1.63. The van der Waals surface area contributed by atoms with Gasteiger partial charge in [0.15, 0.2) is 0 Å². The van der Waals surface area contributed by atoms with Crippen molar-refractivity contribution in [2.75, 3.05) is 32.8 Å². The Bertz CT molecular complexity index is 257. The topological polar surface area (TPSA) is 78.9 Å². The molecule has 0 aromatic heterocycles. The van der Waals surface area contributed by atoms with E-state index in [0.717, 1.165) is 0 Å². The highest BCUT2D eigenvalue weighted by molar-refractivity contribution is 5.77. The van der Waals surface area contributed by atoms with Gasteiger partial charge in [0.1, 0.15) is 0 Å². The Hall–Kier alpha value is -1.30.